The number of carbonyl (C=O) groups excluding carboxylic acids is 1. The summed E-state index contributed by atoms with van der Waals surface area (Å²) in [5.74, 6) is 1.80. The number of fused-ring (bicyclic) bond motifs is 1. The summed E-state index contributed by atoms with van der Waals surface area (Å²) in [6.45, 7) is 1.33. The van der Waals surface area contributed by atoms with Crippen LogP contribution in [0.15, 0.2) is 46.5 Å². The van der Waals surface area contributed by atoms with Gasteiger partial charge in [-0.3, -0.25) is 9.79 Å². The first-order valence-electron chi connectivity index (χ1n) is 11.0. The van der Waals surface area contributed by atoms with Gasteiger partial charge >= 0.3 is 0 Å². The van der Waals surface area contributed by atoms with Gasteiger partial charge in [-0.25, -0.2) is 4.98 Å². The van der Waals surface area contributed by atoms with Crippen LogP contribution in [-0.2, 0) is 14.3 Å². The molecule has 0 aliphatic carbocycles. The zero-order valence-corrected chi connectivity index (χ0v) is 21.4. The minimum Gasteiger partial charge on any atom is -0.483 e. The van der Waals surface area contributed by atoms with Crippen LogP contribution in [0.2, 0.25) is 0 Å². The Morgan fingerprint density at radius 2 is 2.03 bits per heavy atom. The zero-order chi connectivity index (χ0) is 24.8. The number of nitrogens with one attached hydrogen (secondary N) is 2. The Morgan fingerprint density at radius 3 is 2.71 bits per heavy atom. The number of amides is 1. The average molecular weight is 517 g/mol. The van der Waals surface area contributed by atoms with Crippen molar-refractivity contribution in [2.45, 2.75) is 22.8 Å². The molecule has 0 spiro atoms. The van der Waals surface area contributed by atoms with Crippen LogP contribution in [0.25, 0.3) is 10.9 Å². The minimum atomic E-state index is -0.310. The molecule has 0 saturated carbocycles. The third kappa shape index (κ3) is 6.49. The zero-order valence-electron chi connectivity index (χ0n) is 19.7. The van der Waals surface area contributed by atoms with Crippen LogP contribution in [0.1, 0.15) is 12.1 Å². The topological polar surface area (TPSA) is 107 Å². The molecule has 1 amide bonds. The number of aromatic amines is 1. The number of ether oxygens (including phenoxy) is 4. The molecule has 0 saturated heterocycles. The molecule has 2 aromatic heterocycles. The van der Waals surface area contributed by atoms with E-state index in [0.29, 0.717) is 48.5 Å². The molecule has 186 valence electrons. The normalized spacial score (nSPS) is 15.5. The van der Waals surface area contributed by atoms with Crippen LogP contribution >= 0.6 is 24.4 Å². The number of rotatable bonds is 11. The predicted molar refractivity (Wildman–Crippen MR) is 139 cm³/mol. The van der Waals surface area contributed by atoms with E-state index < -0.39 is 0 Å². The maximum Gasteiger partial charge on any atom is 0.220 e. The van der Waals surface area contributed by atoms with Gasteiger partial charge in [0.2, 0.25) is 5.91 Å². The third-order valence-corrected chi connectivity index (χ3v) is 6.75. The average Bonchev–Trinajstić information content (AvgIpc) is 3.48. The number of thioether (sulfide) groups is 1. The third-order valence-electron chi connectivity index (χ3n) is 5.26. The molecule has 1 atom stereocenters. The molecule has 3 heterocycles. The first-order chi connectivity index (χ1) is 17.0. The standard InChI is InChI=1S/C24H28N4O5S2/c1-25-21(29)9-18-11-27-24(35-18)19-7-14-6-16(32-15-4-5-22(34)26-10-15)8-20(23(14)28-19)33-17(12-30-2)13-31-3/h4-8,10,17-18,28H,9,11-13H2,1-3H3,(H,25,29)(H,26,34). The lowest BCUT2D eigenvalue weighted by molar-refractivity contribution is -0.120. The van der Waals surface area contributed by atoms with Gasteiger partial charge in [0.25, 0.3) is 0 Å². The first-order valence-corrected chi connectivity index (χ1v) is 12.4. The largest absolute Gasteiger partial charge is 0.483 e. The predicted octanol–water partition coefficient (Wildman–Crippen LogP) is 3.68. The van der Waals surface area contributed by atoms with Gasteiger partial charge in [-0.2, -0.15) is 0 Å². The second-order valence-electron chi connectivity index (χ2n) is 7.94. The number of aliphatic imine (C=N–C) groups is 1. The number of H-pyrrole nitrogens is 1. The van der Waals surface area contributed by atoms with Crippen LogP contribution in [0.4, 0.5) is 0 Å². The monoisotopic (exact) mass is 516 g/mol. The van der Waals surface area contributed by atoms with E-state index in [1.54, 1.807) is 51.4 Å². The van der Waals surface area contributed by atoms with E-state index in [9.17, 15) is 4.79 Å². The number of methoxy groups -OCH3 is 2. The van der Waals surface area contributed by atoms with Gasteiger partial charge in [0.1, 0.15) is 28.4 Å². The number of benzene rings is 1. The molecule has 0 bridgehead atoms. The molecule has 1 unspecified atom stereocenters. The quantitative estimate of drug-likeness (QED) is 0.334. The van der Waals surface area contributed by atoms with Crippen LogP contribution < -0.4 is 14.8 Å². The Balaban J connectivity index is 1.65. The molecule has 11 heteroatoms. The Labute approximate surface area is 213 Å². The second kappa shape index (κ2) is 11.8. The maximum absolute atomic E-state index is 11.8. The van der Waals surface area contributed by atoms with E-state index in [1.807, 2.05) is 18.2 Å². The van der Waals surface area contributed by atoms with Crippen molar-refractivity contribution in [1.29, 1.82) is 0 Å². The first kappa shape index (κ1) is 25.4. The van der Waals surface area contributed by atoms with Gasteiger partial charge in [-0.15, -0.1) is 12.6 Å². The lowest BCUT2D eigenvalue weighted by atomic mass is 10.2. The Kier molecular flexibility index (Phi) is 8.55. The van der Waals surface area contributed by atoms with Gasteiger partial charge in [0, 0.05) is 44.4 Å². The van der Waals surface area contributed by atoms with Crippen molar-refractivity contribution in [2.24, 2.45) is 4.99 Å². The van der Waals surface area contributed by atoms with Crippen molar-refractivity contribution in [3.05, 3.63) is 42.2 Å². The van der Waals surface area contributed by atoms with E-state index >= 15 is 0 Å². The highest BCUT2D eigenvalue weighted by atomic mass is 32.2. The summed E-state index contributed by atoms with van der Waals surface area (Å²) < 4.78 is 22.9. The number of pyridine rings is 1. The number of hydrogen-bond acceptors (Lipinski definition) is 9. The van der Waals surface area contributed by atoms with Gasteiger partial charge in [0.15, 0.2) is 0 Å². The Hall–Kier alpha value is -2.73. The van der Waals surface area contributed by atoms with Crippen LogP contribution in [-0.4, -0.2) is 73.3 Å². The fourth-order valence-electron chi connectivity index (χ4n) is 3.67. The van der Waals surface area contributed by atoms with Gasteiger partial charge in [-0.05, 0) is 24.3 Å². The van der Waals surface area contributed by atoms with E-state index in [0.717, 1.165) is 21.6 Å². The second-order valence-corrected chi connectivity index (χ2v) is 9.68. The summed E-state index contributed by atoms with van der Waals surface area (Å²) in [4.78, 5) is 24.0. The van der Waals surface area contributed by atoms with Crippen molar-refractivity contribution in [1.82, 2.24) is 15.3 Å². The van der Waals surface area contributed by atoms with Gasteiger partial charge in [0.05, 0.1) is 42.2 Å². The van der Waals surface area contributed by atoms with Crippen molar-refractivity contribution in [3.63, 3.8) is 0 Å². The molecule has 1 aliphatic rings. The maximum atomic E-state index is 11.8. The molecular weight excluding hydrogens is 488 g/mol. The number of thiol groups is 1. The van der Waals surface area contributed by atoms with E-state index in [2.05, 4.69) is 32.9 Å². The fraction of sp³-hybridized carbons (Fsp3) is 0.375. The highest BCUT2D eigenvalue weighted by Gasteiger charge is 2.25. The number of hydrogen-bond donors (Lipinski definition) is 3. The highest BCUT2D eigenvalue weighted by molar-refractivity contribution is 8.15. The van der Waals surface area contributed by atoms with E-state index in [1.165, 1.54) is 0 Å². The highest BCUT2D eigenvalue weighted by Crippen LogP contribution is 2.36. The van der Waals surface area contributed by atoms with Crippen LogP contribution in [0.5, 0.6) is 17.2 Å². The van der Waals surface area contributed by atoms with Crippen molar-refractivity contribution in [2.75, 3.05) is 41.0 Å². The summed E-state index contributed by atoms with van der Waals surface area (Å²) >= 11 is 5.82. The Morgan fingerprint density at radius 1 is 1.23 bits per heavy atom. The van der Waals surface area contributed by atoms with E-state index in [4.69, 9.17) is 18.9 Å². The lowest BCUT2D eigenvalue weighted by Crippen LogP contribution is -2.27. The summed E-state index contributed by atoms with van der Waals surface area (Å²) in [5.41, 5.74) is 1.67. The number of carbonyl (C=O) groups is 1. The molecule has 0 fully saturated rings. The molecule has 9 nitrogen and oxygen atoms in total. The minimum absolute atomic E-state index is 0.0100. The van der Waals surface area contributed by atoms with Crippen molar-refractivity contribution in [3.8, 4) is 17.2 Å². The molecule has 2 N–H and O–H groups in total. The van der Waals surface area contributed by atoms with Crippen molar-refractivity contribution < 1.29 is 23.7 Å². The molecule has 1 aliphatic heterocycles. The molecule has 1 aromatic carbocycles. The number of aromatic nitrogens is 2. The molecule has 3 aromatic rings. The fourth-order valence-corrected chi connectivity index (χ4v) is 4.89. The SMILES string of the molecule is CNC(=O)CC1CN=C(c2cc3cc(Oc4ccc(S)nc4)cc(OC(COC)COC)c3[nH]2)S1. The van der Waals surface area contributed by atoms with Crippen molar-refractivity contribution >= 4 is 46.2 Å². The lowest BCUT2D eigenvalue weighted by Gasteiger charge is -2.19. The molecule has 4 rings (SSSR count). The molecule has 0 radical (unpaired) electrons. The summed E-state index contributed by atoms with van der Waals surface area (Å²) in [6.07, 6.45) is 1.73. The molecular formula is C24H28N4O5S2. The molecule has 35 heavy (non-hydrogen) atoms. The number of nitrogens with zero attached hydrogens (tertiary/aromatic N) is 2. The summed E-state index contributed by atoms with van der Waals surface area (Å²) in [6, 6.07) is 9.34. The van der Waals surface area contributed by atoms with Crippen LogP contribution in [0, 0.1) is 0 Å². The summed E-state index contributed by atoms with van der Waals surface area (Å²) in [5, 5.41) is 5.16. The summed E-state index contributed by atoms with van der Waals surface area (Å²) in [7, 11) is 4.89. The van der Waals surface area contributed by atoms with Crippen LogP contribution in [0.3, 0.4) is 0 Å². The smallest absolute Gasteiger partial charge is 0.220 e. The van der Waals surface area contributed by atoms with Gasteiger partial charge < -0.3 is 29.2 Å². The Bertz CT molecular complexity index is 1190. The van der Waals surface area contributed by atoms with Gasteiger partial charge in [-0.1, -0.05) is 11.8 Å². The van der Waals surface area contributed by atoms with E-state index in [-0.39, 0.29) is 17.3 Å².